The molecule has 1 atom stereocenters. The number of para-hydroxylation sites is 1. The average Bonchev–Trinajstić information content (AvgIpc) is 2.76. The summed E-state index contributed by atoms with van der Waals surface area (Å²) < 4.78 is 27.5. The van der Waals surface area contributed by atoms with E-state index in [-0.39, 0.29) is 10.9 Å². The highest BCUT2D eigenvalue weighted by Crippen LogP contribution is 2.24. The standard InChI is InChI=1S/C23H28N4O2S/c1-4-27(20-13-9-6-10-14-20)30(28,29)21-15-16-23(24-17-21)25-18-22(26(2)3)19-11-7-5-8-12-19/h5-17,22H,4,18H2,1-3H3,(H,24,25). The van der Waals surface area contributed by atoms with E-state index in [4.69, 9.17) is 0 Å². The van der Waals surface area contributed by atoms with Crippen LogP contribution in [0.3, 0.4) is 0 Å². The second kappa shape index (κ2) is 9.73. The molecular formula is C23H28N4O2S. The molecule has 3 rings (SSSR count). The quantitative estimate of drug-likeness (QED) is 0.562. The average molecular weight is 425 g/mol. The van der Waals surface area contributed by atoms with Crippen LogP contribution in [-0.4, -0.2) is 45.5 Å². The minimum atomic E-state index is -3.67. The third-order valence-electron chi connectivity index (χ3n) is 4.94. The molecule has 158 valence electrons. The zero-order chi connectivity index (χ0) is 21.6. The van der Waals surface area contributed by atoms with Gasteiger partial charge in [0.15, 0.2) is 0 Å². The van der Waals surface area contributed by atoms with E-state index in [1.807, 2.05) is 57.4 Å². The van der Waals surface area contributed by atoms with Gasteiger partial charge >= 0.3 is 0 Å². The normalized spacial score (nSPS) is 12.5. The van der Waals surface area contributed by atoms with Crippen LogP contribution < -0.4 is 9.62 Å². The molecule has 0 bridgehead atoms. The lowest BCUT2D eigenvalue weighted by Crippen LogP contribution is -2.30. The molecule has 2 aromatic carbocycles. The summed E-state index contributed by atoms with van der Waals surface area (Å²) in [5, 5.41) is 3.32. The first kappa shape index (κ1) is 21.8. The lowest BCUT2D eigenvalue weighted by molar-refractivity contribution is 0.311. The number of hydrogen-bond donors (Lipinski definition) is 1. The Bertz CT molecular complexity index is 1020. The molecular weight excluding hydrogens is 396 g/mol. The molecule has 0 aliphatic heterocycles. The van der Waals surface area contributed by atoms with Crippen LogP contribution in [0.2, 0.25) is 0 Å². The molecule has 3 aromatic rings. The topological polar surface area (TPSA) is 65.5 Å². The van der Waals surface area contributed by atoms with Gasteiger partial charge in [-0.1, -0.05) is 48.5 Å². The van der Waals surface area contributed by atoms with E-state index in [2.05, 4.69) is 27.3 Å². The van der Waals surface area contributed by atoms with Crippen molar-refractivity contribution >= 4 is 21.5 Å². The zero-order valence-corrected chi connectivity index (χ0v) is 18.4. The number of anilines is 2. The molecule has 1 unspecified atom stereocenters. The lowest BCUT2D eigenvalue weighted by atomic mass is 10.1. The van der Waals surface area contributed by atoms with E-state index in [0.29, 0.717) is 24.6 Å². The van der Waals surface area contributed by atoms with Gasteiger partial charge in [0.25, 0.3) is 10.0 Å². The highest BCUT2D eigenvalue weighted by Gasteiger charge is 2.24. The highest BCUT2D eigenvalue weighted by molar-refractivity contribution is 7.92. The van der Waals surface area contributed by atoms with Gasteiger partial charge in [-0.15, -0.1) is 0 Å². The lowest BCUT2D eigenvalue weighted by Gasteiger charge is -2.25. The molecule has 0 amide bonds. The smallest absolute Gasteiger partial charge is 0.265 e. The monoisotopic (exact) mass is 424 g/mol. The Kier molecular flexibility index (Phi) is 7.07. The number of nitrogens with zero attached hydrogens (tertiary/aromatic N) is 3. The molecule has 0 aliphatic rings. The second-order valence-corrected chi connectivity index (χ2v) is 9.02. The molecule has 0 spiro atoms. The van der Waals surface area contributed by atoms with Crippen molar-refractivity contribution in [2.75, 3.05) is 36.8 Å². The third kappa shape index (κ3) is 4.98. The Morgan fingerprint density at radius 2 is 1.57 bits per heavy atom. The summed E-state index contributed by atoms with van der Waals surface area (Å²) in [4.78, 5) is 6.66. The van der Waals surface area contributed by atoms with Crippen molar-refractivity contribution in [3.8, 4) is 0 Å². The first-order valence-corrected chi connectivity index (χ1v) is 11.4. The summed E-state index contributed by atoms with van der Waals surface area (Å²) in [6.07, 6.45) is 1.41. The van der Waals surface area contributed by atoms with E-state index in [9.17, 15) is 8.42 Å². The minimum absolute atomic E-state index is 0.171. The van der Waals surface area contributed by atoms with Gasteiger partial charge in [-0.05, 0) is 50.8 Å². The Balaban J connectivity index is 1.74. The third-order valence-corrected chi connectivity index (χ3v) is 6.83. The van der Waals surface area contributed by atoms with Crippen molar-refractivity contribution in [3.05, 3.63) is 84.6 Å². The van der Waals surface area contributed by atoms with Gasteiger partial charge in [0, 0.05) is 19.3 Å². The van der Waals surface area contributed by atoms with Gasteiger partial charge in [-0.3, -0.25) is 4.31 Å². The van der Waals surface area contributed by atoms with Crippen LogP contribution in [-0.2, 0) is 10.0 Å². The summed E-state index contributed by atoms with van der Waals surface area (Å²) in [6.45, 7) is 2.81. The first-order valence-electron chi connectivity index (χ1n) is 9.92. The van der Waals surface area contributed by atoms with Gasteiger partial charge in [0.1, 0.15) is 10.7 Å². The zero-order valence-electron chi connectivity index (χ0n) is 17.6. The Morgan fingerprint density at radius 3 is 2.10 bits per heavy atom. The molecule has 0 fully saturated rings. The molecule has 30 heavy (non-hydrogen) atoms. The summed E-state index contributed by atoms with van der Waals surface area (Å²) in [5.74, 6) is 0.638. The minimum Gasteiger partial charge on any atom is -0.368 e. The van der Waals surface area contributed by atoms with Crippen LogP contribution >= 0.6 is 0 Å². The van der Waals surface area contributed by atoms with Crippen molar-refractivity contribution in [1.82, 2.24) is 9.88 Å². The van der Waals surface area contributed by atoms with E-state index >= 15 is 0 Å². The molecule has 1 heterocycles. The number of aromatic nitrogens is 1. The summed E-state index contributed by atoms with van der Waals surface area (Å²) >= 11 is 0. The molecule has 0 saturated carbocycles. The first-order chi connectivity index (χ1) is 14.4. The Labute approximate surface area is 179 Å². The maximum absolute atomic E-state index is 13.1. The molecule has 0 saturated heterocycles. The molecule has 7 heteroatoms. The van der Waals surface area contributed by atoms with Crippen LogP contribution in [0.25, 0.3) is 0 Å². The number of rotatable bonds is 9. The van der Waals surface area contributed by atoms with Crippen molar-refractivity contribution in [1.29, 1.82) is 0 Å². The van der Waals surface area contributed by atoms with E-state index < -0.39 is 10.0 Å². The number of hydrogen-bond acceptors (Lipinski definition) is 5. The fourth-order valence-electron chi connectivity index (χ4n) is 3.33. The SMILES string of the molecule is CCN(c1ccccc1)S(=O)(=O)c1ccc(NCC(c2ccccc2)N(C)C)nc1. The molecule has 6 nitrogen and oxygen atoms in total. The van der Waals surface area contributed by atoms with Gasteiger partial charge in [0.2, 0.25) is 0 Å². The summed E-state index contributed by atoms with van der Waals surface area (Å²) in [7, 11) is 0.392. The molecule has 0 aliphatic carbocycles. The number of likely N-dealkylation sites (N-methyl/N-ethyl adjacent to an activating group) is 1. The highest BCUT2D eigenvalue weighted by atomic mass is 32.2. The van der Waals surface area contributed by atoms with Crippen molar-refractivity contribution in [2.24, 2.45) is 0 Å². The predicted molar refractivity (Wildman–Crippen MR) is 122 cm³/mol. The Morgan fingerprint density at radius 1 is 0.933 bits per heavy atom. The van der Waals surface area contributed by atoms with Crippen LogP contribution in [0, 0.1) is 0 Å². The largest absolute Gasteiger partial charge is 0.368 e. The number of pyridine rings is 1. The maximum Gasteiger partial charge on any atom is 0.265 e. The number of sulfonamides is 1. The molecule has 1 aromatic heterocycles. The predicted octanol–water partition coefficient (Wildman–Crippen LogP) is 4.01. The van der Waals surface area contributed by atoms with Gasteiger partial charge in [-0.2, -0.15) is 0 Å². The van der Waals surface area contributed by atoms with Crippen LogP contribution in [0.4, 0.5) is 11.5 Å². The van der Waals surface area contributed by atoms with E-state index in [0.717, 1.165) is 0 Å². The molecule has 0 radical (unpaired) electrons. The van der Waals surface area contributed by atoms with Crippen LogP contribution in [0.1, 0.15) is 18.5 Å². The van der Waals surface area contributed by atoms with E-state index in [1.165, 1.54) is 16.1 Å². The second-order valence-electron chi connectivity index (χ2n) is 7.16. The van der Waals surface area contributed by atoms with Crippen LogP contribution in [0.15, 0.2) is 83.9 Å². The Hall–Kier alpha value is -2.90. The van der Waals surface area contributed by atoms with E-state index in [1.54, 1.807) is 24.3 Å². The van der Waals surface area contributed by atoms with Crippen molar-refractivity contribution in [3.63, 3.8) is 0 Å². The number of nitrogens with one attached hydrogen (secondary N) is 1. The summed E-state index contributed by atoms with van der Waals surface area (Å²) in [6, 6.07) is 22.8. The van der Waals surface area contributed by atoms with Gasteiger partial charge in [-0.25, -0.2) is 13.4 Å². The van der Waals surface area contributed by atoms with Crippen molar-refractivity contribution in [2.45, 2.75) is 17.9 Å². The fraction of sp³-hybridized carbons (Fsp3) is 0.261. The summed E-state index contributed by atoms with van der Waals surface area (Å²) in [5.41, 5.74) is 1.84. The van der Waals surface area contributed by atoms with Gasteiger partial charge < -0.3 is 10.2 Å². The molecule has 1 N–H and O–H groups in total. The maximum atomic E-state index is 13.1. The van der Waals surface area contributed by atoms with Crippen LogP contribution in [0.5, 0.6) is 0 Å². The van der Waals surface area contributed by atoms with Gasteiger partial charge in [0.05, 0.1) is 11.7 Å². The number of benzene rings is 2. The van der Waals surface area contributed by atoms with Crippen molar-refractivity contribution < 1.29 is 8.42 Å². The fourth-order valence-corrected chi connectivity index (χ4v) is 4.74.